The number of rotatable bonds is 5. The maximum absolute atomic E-state index is 9.94. The average molecular weight is 418 g/mol. The van der Waals surface area contributed by atoms with Gasteiger partial charge in [0.2, 0.25) is 0 Å². The van der Waals surface area contributed by atoms with E-state index in [1.54, 1.807) is 0 Å². The number of fused-ring (bicyclic) bond motifs is 1. The molecule has 1 aliphatic carbocycles. The fourth-order valence-electron chi connectivity index (χ4n) is 5.31. The molecule has 5 heteroatoms. The molecule has 1 aromatic heterocycles. The van der Waals surface area contributed by atoms with Crippen molar-refractivity contribution in [3.63, 3.8) is 0 Å². The highest BCUT2D eigenvalue weighted by molar-refractivity contribution is 5.63. The third kappa shape index (κ3) is 4.01. The minimum Gasteiger partial charge on any atom is -0.398 e. The SMILES string of the molecule is CCc1nc2c(c(N3CCC(C)C3)n1)CCC(c1c([C@@H](C)CC)ccc(N)c1C#N)C2. The van der Waals surface area contributed by atoms with Gasteiger partial charge in [0.1, 0.15) is 17.7 Å². The summed E-state index contributed by atoms with van der Waals surface area (Å²) in [7, 11) is 0. The first-order chi connectivity index (χ1) is 15.0. The van der Waals surface area contributed by atoms with Gasteiger partial charge in [-0.2, -0.15) is 5.26 Å². The normalized spacial score (nSPS) is 21.6. The number of hydrogen-bond donors (Lipinski definition) is 1. The van der Waals surface area contributed by atoms with Crippen molar-refractivity contribution in [3.8, 4) is 6.07 Å². The average Bonchev–Trinajstić information content (AvgIpc) is 3.23. The van der Waals surface area contributed by atoms with Crippen molar-refractivity contribution in [2.24, 2.45) is 5.92 Å². The molecule has 2 N–H and O–H groups in total. The van der Waals surface area contributed by atoms with Crippen LogP contribution in [0.25, 0.3) is 0 Å². The monoisotopic (exact) mass is 417 g/mol. The van der Waals surface area contributed by atoms with Gasteiger partial charge in [-0.15, -0.1) is 0 Å². The molecule has 0 bridgehead atoms. The Labute approximate surface area is 186 Å². The van der Waals surface area contributed by atoms with Gasteiger partial charge in [0.25, 0.3) is 0 Å². The van der Waals surface area contributed by atoms with Crippen LogP contribution in [0, 0.1) is 17.2 Å². The first-order valence-electron chi connectivity index (χ1n) is 11.9. The van der Waals surface area contributed by atoms with Gasteiger partial charge in [-0.05, 0) is 67.1 Å². The lowest BCUT2D eigenvalue weighted by Gasteiger charge is -2.31. The lowest BCUT2D eigenvalue weighted by atomic mass is 9.76. The van der Waals surface area contributed by atoms with E-state index < -0.39 is 0 Å². The minimum atomic E-state index is 0.277. The van der Waals surface area contributed by atoms with Crippen LogP contribution in [0.15, 0.2) is 12.1 Å². The van der Waals surface area contributed by atoms with Crippen molar-refractivity contribution in [2.45, 2.75) is 78.1 Å². The summed E-state index contributed by atoms with van der Waals surface area (Å²) in [6.45, 7) is 11.1. The van der Waals surface area contributed by atoms with Gasteiger partial charge in [0.15, 0.2) is 0 Å². The Hall–Kier alpha value is -2.61. The quantitative estimate of drug-likeness (QED) is 0.683. The van der Waals surface area contributed by atoms with E-state index in [0.717, 1.165) is 62.5 Å². The summed E-state index contributed by atoms with van der Waals surface area (Å²) >= 11 is 0. The molecular formula is C26H35N5. The predicted octanol–water partition coefficient (Wildman–Crippen LogP) is 5.13. The second kappa shape index (κ2) is 8.86. The van der Waals surface area contributed by atoms with Gasteiger partial charge >= 0.3 is 0 Å². The summed E-state index contributed by atoms with van der Waals surface area (Å²) in [5.74, 6) is 3.50. The maximum atomic E-state index is 9.94. The van der Waals surface area contributed by atoms with Gasteiger partial charge in [0.05, 0.1) is 11.3 Å². The molecule has 1 aromatic carbocycles. The highest BCUT2D eigenvalue weighted by Gasteiger charge is 2.32. The van der Waals surface area contributed by atoms with Crippen molar-refractivity contribution >= 4 is 11.5 Å². The largest absolute Gasteiger partial charge is 0.398 e. The zero-order chi connectivity index (χ0) is 22.1. The lowest BCUT2D eigenvalue weighted by Crippen LogP contribution is -2.27. The zero-order valence-corrected chi connectivity index (χ0v) is 19.4. The molecular weight excluding hydrogens is 382 g/mol. The molecule has 0 amide bonds. The standard InChI is InChI=1S/C26H35N5/c1-5-17(4)19-9-10-22(28)21(14-27)25(19)18-7-8-20-23(13-18)29-24(6-2)30-26(20)31-12-11-16(3)15-31/h9-10,16-18H,5-8,11-13,15,28H2,1-4H3/t16?,17-,18?/m0/s1. The van der Waals surface area contributed by atoms with E-state index >= 15 is 0 Å². The number of hydrogen-bond acceptors (Lipinski definition) is 5. The molecule has 1 saturated heterocycles. The first-order valence-corrected chi connectivity index (χ1v) is 11.9. The molecule has 0 spiro atoms. The van der Waals surface area contributed by atoms with E-state index in [1.165, 1.54) is 29.1 Å². The number of nitrogen functional groups attached to an aromatic ring is 1. The number of aryl methyl sites for hydroxylation is 1. The first kappa shape index (κ1) is 21.6. The number of benzene rings is 1. The van der Waals surface area contributed by atoms with Crippen molar-refractivity contribution in [2.75, 3.05) is 23.7 Å². The number of nitrogens with zero attached hydrogens (tertiary/aromatic N) is 4. The van der Waals surface area contributed by atoms with Gasteiger partial charge in [-0.25, -0.2) is 9.97 Å². The van der Waals surface area contributed by atoms with Crippen LogP contribution in [0.1, 0.15) is 92.6 Å². The molecule has 2 aliphatic rings. The van der Waals surface area contributed by atoms with E-state index in [4.69, 9.17) is 15.7 Å². The van der Waals surface area contributed by atoms with E-state index in [1.807, 2.05) is 6.07 Å². The Morgan fingerprint density at radius 3 is 2.71 bits per heavy atom. The number of anilines is 2. The fourth-order valence-corrected chi connectivity index (χ4v) is 5.31. The van der Waals surface area contributed by atoms with Crippen molar-refractivity contribution in [1.82, 2.24) is 9.97 Å². The summed E-state index contributed by atoms with van der Waals surface area (Å²) in [5, 5.41) is 9.94. The third-order valence-corrected chi connectivity index (χ3v) is 7.31. The molecule has 3 atom stereocenters. The van der Waals surface area contributed by atoms with Crippen molar-refractivity contribution in [3.05, 3.63) is 45.9 Å². The van der Waals surface area contributed by atoms with Gasteiger partial charge < -0.3 is 10.6 Å². The van der Waals surface area contributed by atoms with Crippen LogP contribution in [0.3, 0.4) is 0 Å². The summed E-state index contributed by atoms with van der Waals surface area (Å²) in [6, 6.07) is 6.47. The summed E-state index contributed by atoms with van der Waals surface area (Å²) < 4.78 is 0. The second-order valence-electron chi connectivity index (χ2n) is 9.48. The van der Waals surface area contributed by atoms with Gasteiger partial charge in [0, 0.05) is 30.8 Å². The van der Waals surface area contributed by atoms with Crippen LogP contribution >= 0.6 is 0 Å². The third-order valence-electron chi connectivity index (χ3n) is 7.31. The number of nitriles is 1. The lowest BCUT2D eigenvalue weighted by molar-refractivity contribution is 0.554. The van der Waals surface area contributed by atoms with Crippen LogP contribution in [-0.4, -0.2) is 23.1 Å². The molecule has 5 nitrogen and oxygen atoms in total. The molecule has 4 rings (SSSR count). The molecule has 2 heterocycles. The highest BCUT2D eigenvalue weighted by Crippen LogP contribution is 2.42. The van der Waals surface area contributed by atoms with E-state index in [2.05, 4.69) is 44.7 Å². The summed E-state index contributed by atoms with van der Waals surface area (Å²) in [4.78, 5) is 12.4. The smallest absolute Gasteiger partial charge is 0.135 e. The van der Waals surface area contributed by atoms with Crippen LogP contribution in [0.4, 0.5) is 11.5 Å². The molecule has 2 aromatic rings. The Balaban J connectivity index is 1.77. The summed E-state index contributed by atoms with van der Waals surface area (Å²) in [5.41, 5.74) is 12.5. The van der Waals surface area contributed by atoms with E-state index in [-0.39, 0.29) is 5.92 Å². The Bertz CT molecular complexity index is 1010. The number of aromatic nitrogens is 2. The maximum Gasteiger partial charge on any atom is 0.135 e. The molecule has 164 valence electrons. The van der Waals surface area contributed by atoms with Crippen molar-refractivity contribution in [1.29, 1.82) is 5.26 Å². The second-order valence-corrected chi connectivity index (χ2v) is 9.48. The van der Waals surface area contributed by atoms with E-state index in [0.29, 0.717) is 17.2 Å². The van der Waals surface area contributed by atoms with Crippen LogP contribution in [0.2, 0.25) is 0 Å². The van der Waals surface area contributed by atoms with Crippen molar-refractivity contribution < 1.29 is 0 Å². The van der Waals surface area contributed by atoms with Gasteiger partial charge in [-0.3, -0.25) is 0 Å². The van der Waals surface area contributed by atoms with Gasteiger partial charge in [-0.1, -0.05) is 33.8 Å². The minimum absolute atomic E-state index is 0.277. The summed E-state index contributed by atoms with van der Waals surface area (Å²) in [6.07, 6.45) is 5.96. The number of nitrogens with two attached hydrogens (primary N) is 1. The molecule has 0 saturated carbocycles. The Kier molecular flexibility index (Phi) is 6.18. The topological polar surface area (TPSA) is 78.8 Å². The molecule has 0 radical (unpaired) electrons. The Morgan fingerprint density at radius 1 is 1.26 bits per heavy atom. The molecule has 31 heavy (non-hydrogen) atoms. The Morgan fingerprint density at radius 2 is 2.06 bits per heavy atom. The van der Waals surface area contributed by atoms with E-state index in [9.17, 15) is 5.26 Å². The molecule has 1 fully saturated rings. The highest BCUT2D eigenvalue weighted by atomic mass is 15.2. The predicted molar refractivity (Wildman–Crippen MR) is 126 cm³/mol. The van der Waals surface area contributed by atoms with Crippen LogP contribution in [0.5, 0.6) is 0 Å². The molecule has 1 aliphatic heterocycles. The fraction of sp³-hybridized carbons (Fsp3) is 0.577. The van der Waals surface area contributed by atoms with Crippen LogP contribution in [-0.2, 0) is 19.3 Å². The molecule has 2 unspecified atom stereocenters. The zero-order valence-electron chi connectivity index (χ0n) is 19.4. The van der Waals surface area contributed by atoms with Crippen LogP contribution < -0.4 is 10.6 Å².